The first-order valence-electron chi connectivity index (χ1n) is 8.07. The minimum atomic E-state index is -1.60. The van der Waals surface area contributed by atoms with Crippen LogP contribution < -0.4 is 0 Å². The summed E-state index contributed by atoms with van der Waals surface area (Å²) >= 11 is 5.88. The molecule has 3 aliphatic rings. The van der Waals surface area contributed by atoms with E-state index in [2.05, 4.69) is 0 Å². The molecule has 0 radical (unpaired) electrons. The lowest BCUT2D eigenvalue weighted by Gasteiger charge is -2.43. The van der Waals surface area contributed by atoms with Gasteiger partial charge in [-0.3, -0.25) is 0 Å². The van der Waals surface area contributed by atoms with Crippen LogP contribution in [0.5, 0.6) is 0 Å². The highest BCUT2D eigenvalue weighted by Gasteiger charge is 2.58. The van der Waals surface area contributed by atoms with Gasteiger partial charge in [0.15, 0.2) is 6.29 Å². The second kappa shape index (κ2) is 7.26. The van der Waals surface area contributed by atoms with Gasteiger partial charge in [0, 0.05) is 12.3 Å². The van der Waals surface area contributed by atoms with Crippen molar-refractivity contribution in [1.82, 2.24) is 0 Å². The Morgan fingerprint density at radius 3 is 2.48 bits per heavy atom. The largest absolute Gasteiger partial charge is 0.472 e. The fraction of sp³-hybridized carbons (Fsp3) is 0.867. The normalized spacial score (nSPS) is 52.7. The summed E-state index contributed by atoms with van der Waals surface area (Å²) in [5.74, 6) is -1.35. The van der Waals surface area contributed by atoms with E-state index in [1.807, 2.05) is 0 Å². The Bertz CT molecular complexity index is 503. The van der Waals surface area contributed by atoms with Gasteiger partial charge in [-0.25, -0.2) is 0 Å². The average molecular weight is 383 g/mol. The molecule has 0 aromatic heterocycles. The molecule has 6 N–H and O–H groups in total. The van der Waals surface area contributed by atoms with Gasteiger partial charge < -0.3 is 44.8 Å². The lowest BCUT2D eigenvalue weighted by atomic mass is 9.85. The Balaban J connectivity index is 1.78. The second-order valence-electron chi connectivity index (χ2n) is 6.78. The third-order valence-corrected chi connectivity index (χ3v) is 5.66. The van der Waals surface area contributed by atoms with E-state index >= 15 is 0 Å². The summed E-state index contributed by atoms with van der Waals surface area (Å²) in [6.45, 7) is -0.591. The number of fused-ring (bicyclic) bond motifs is 1. The Morgan fingerprint density at radius 2 is 1.84 bits per heavy atom. The van der Waals surface area contributed by atoms with E-state index in [0.29, 0.717) is 0 Å². The number of alkyl halides is 1. The molecule has 0 unspecified atom stereocenters. The molecule has 3 rings (SSSR count). The van der Waals surface area contributed by atoms with Gasteiger partial charge in [0.25, 0.3) is 0 Å². The monoisotopic (exact) mass is 382 g/mol. The SMILES string of the molecule is OC[C@H]1O[C@@H](O[C@@H]2OC=C[C@@H]3[C@H]2[C@](O)(CCl)C[C@H]3O)[C@H](O)[C@@H](O)[C@@H]1O. The Labute approximate surface area is 149 Å². The van der Waals surface area contributed by atoms with Gasteiger partial charge >= 0.3 is 0 Å². The Kier molecular flexibility index (Phi) is 5.60. The highest BCUT2D eigenvalue weighted by molar-refractivity contribution is 6.18. The van der Waals surface area contributed by atoms with Gasteiger partial charge in [-0.1, -0.05) is 0 Å². The topological polar surface area (TPSA) is 149 Å². The molecule has 25 heavy (non-hydrogen) atoms. The van der Waals surface area contributed by atoms with E-state index in [1.54, 1.807) is 6.08 Å². The van der Waals surface area contributed by atoms with E-state index in [4.69, 9.17) is 25.8 Å². The number of hydrogen-bond donors (Lipinski definition) is 6. The Morgan fingerprint density at radius 1 is 1.12 bits per heavy atom. The summed E-state index contributed by atoms with van der Waals surface area (Å²) in [5.41, 5.74) is -1.45. The first-order valence-corrected chi connectivity index (χ1v) is 8.60. The predicted octanol–water partition coefficient (Wildman–Crippen LogP) is -2.36. The van der Waals surface area contributed by atoms with Crippen LogP contribution in [0.2, 0.25) is 0 Å². The van der Waals surface area contributed by atoms with Gasteiger partial charge in [-0.05, 0) is 6.08 Å². The van der Waals surface area contributed by atoms with E-state index in [1.165, 1.54) is 6.26 Å². The molecule has 144 valence electrons. The molecule has 1 saturated carbocycles. The van der Waals surface area contributed by atoms with Crippen LogP contribution in [0.1, 0.15) is 6.42 Å². The fourth-order valence-corrected chi connectivity index (χ4v) is 4.07. The maximum absolute atomic E-state index is 10.7. The van der Waals surface area contributed by atoms with Crippen molar-refractivity contribution in [3.05, 3.63) is 12.3 Å². The van der Waals surface area contributed by atoms with Gasteiger partial charge in [-0.2, -0.15) is 0 Å². The van der Waals surface area contributed by atoms with Crippen LogP contribution in [0, 0.1) is 11.8 Å². The fourth-order valence-electron chi connectivity index (χ4n) is 3.79. The molecule has 2 fully saturated rings. The zero-order valence-electron chi connectivity index (χ0n) is 13.3. The molecule has 0 bridgehead atoms. The highest BCUT2D eigenvalue weighted by atomic mass is 35.5. The standard InChI is InChI=1S/C15H23ClO9/c16-5-15(22)3-7(18)6-1-2-23-13(9(6)15)25-14-12(21)11(20)10(19)8(4-17)24-14/h1-2,6-14,17-22H,3-5H2/t6-,7+,8+,9+,10+,11-,12+,13-,14-,15+/m0/s1. The Hall–Kier alpha value is -0.490. The first kappa shape index (κ1) is 19.3. The van der Waals surface area contributed by atoms with Gasteiger partial charge in [0.2, 0.25) is 6.29 Å². The van der Waals surface area contributed by atoms with Crippen LogP contribution in [0.15, 0.2) is 12.3 Å². The van der Waals surface area contributed by atoms with Crippen LogP contribution >= 0.6 is 11.6 Å². The van der Waals surface area contributed by atoms with Gasteiger partial charge in [0.05, 0.1) is 36.4 Å². The number of hydrogen-bond acceptors (Lipinski definition) is 9. The molecule has 2 aliphatic heterocycles. The molecule has 1 aliphatic carbocycles. The van der Waals surface area contributed by atoms with Gasteiger partial charge in [0.1, 0.15) is 24.4 Å². The van der Waals surface area contributed by atoms with Crippen molar-refractivity contribution < 1.29 is 44.8 Å². The molecular weight excluding hydrogens is 360 g/mol. The maximum atomic E-state index is 10.7. The predicted molar refractivity (Wildman–Crippen MR) is 82.1 cm³/mol. The number of aliphatic hydroxyl groups is 6. The first-order chi connectivity index (χ1) is 11.8. The molecule has 0 aromatic rings. The minimum absolute atomic E-state index is 0.0358. The van der Waals surface area contributed by atoms with Crippen LogP contribution in [-0.4, -0.2) is 91.8 Å². The minimum Gasteiger partial charge on any atom is -0.472 e. The maximum Gasteiger partial charge on any atom is 0.208 e. The van der Waals surface area contributed by atoms with Crippen molar-refractivity contribution in [2.45, 2.75) is 55.1 Å². The lowest BCUT2D eigenvalue weighted by Crippen LogP contribution is -2.60. The molecule has 0 amide bonds. The summed E-state index contributed by atoms with van der Waals surface area (Å²) in [7, 11) is 0. The highest BCUT2D eigenvalue weighted by Crippen LogP contribution is 2.47. The summed E-state index contributed by atoms with van der Waals surface area (Å²) in [6.07, 6.45) is -6.22. The summed E-state index contributed by atoms with van der Waals surface area (Å²) < 4.78 is 16.3. The molecule has 0 aromatic carbocycles. The molecule has 9 nitrogen and oxygen atoms in total. The average Bonchev–Trinajstić information content (AvgIpc) is 2.88. The van der Waals surface area contributed by atoms with Crippen LogP contribution in [0.4, 0.5) is 0 Å². The van der Waals surface area contributed by atoms with Gasteiger partial charge in [-0.15, -0.1) is 11.6 Å². The molecular formula is C15H23ClO9. The van der Waals surface area contributed by atoms with Crippen molar-refractivity contribution in [2.24, 2.45) is 11.8 Å². The van der Waals surface area contributed by atoms with Crippen molar-refractivity contribution in [1.29, 1.82) is 0 Å². The molecule has 0 spiro atoms. The van der Waals surface area contributed by atoms with Crippen LogP contribution in [0.3, 0.4) is 0 Å². The van der Waals surface area contributed by atoms with E-state index < -0.39 is 67.1 Å². The van der Waals surface area contributed by atoms with Crippen molar-refractivity contribution in [3.8, 4) is 0 Å². The zero-order valence-corrected chi connectivity index (χ0v) is 14.0. The molecule has 10 atom stereocenters. The third-order valence-electron chi connectivity index (χ3n) is 5.20. The smallest absolute Gasteiger partial charge is 0.208 e. The van der Waals surface area contributed by atoms with Crippen molar-refractivity contribution in [3.63, 3.8) is 0 Å². The summed E-state index contributed by atoms with van der Waals surface area (Å²) in [6, 6.07) is 0. The number of rotatable bonds is 4. The quantitative estimate of drug-likeness (QED) is 0.293. The lowest BCUT2D eigenvalue weighted by molar-refractivity contribution is -0.346. The van der Waals surface area contributed by atoms with E-state index in [0.717, 1.165) is 0 Å². The number of halogens is 1. The summed E-state index contributed by atoms with van der Waals surface area (Å²) in [4.78, 5) is 0. The second-order valence-corrected chi connectivity index (χ2v) is 7.05. The number of ether oxygens (including phenoxy) is 3. The third kappa shape index (κ3) is 3.29. The summed E-state index contributed by atoms with van der Waals surface area (Å²) in [5, 5.41) is 59.8. The van der Waals surface area contributed by atoms with Crippen LogP contribution in [0.25, 0.3) is 0 Å². The van der Waals surface area contributed by atoms with Crippen molar-refractivity contribution >= 4 is 11.6 Å². The zero-order chi connectivity index (χ0) is 18.4. The van der Waals surface area contributed by atoms with E-state index in [9.17, 15) is 30.6 Å². The molecule has 10 heteroatoms. The molecule has 2 heterocycles. The van der Waals surface area contributed by atoms with E-state index in [-0.39, 0.29) is 12.3 Å². The number of aliphatic hydroxyl groups excluding tert-OH is 5. The van der Waals surface area contributed by atoms with Crippen LogP contribution in [-0.2, 0) is 14.2 Å². The molecule has 1 saturated heterocycles. The van der Waals surface area contributed by atoms with Crippen molar-refractivity contribution in [2.75, 3.05) is 12.5 Å².